The number of ether oxygens (including phenoxy) is 1. The molecule has 120 valence electrons. The zero-order valence-electron chi connectivity index (χ0n) is 13.3. The Kier molecular flexibility index (Phi) is 11.5. The summed E-state index contributed by atoms with van der Waals surface area (Å²) >= 11 is 0. The molecule has 0 heterocycles. The largest absolute Gasteiger partial charge is 0.385 e. The molecule has 0 bridgehead atoms. The van der Waals surface area contributed by atoms with Crippen LogP contribution >= 0.6 is 24.0 Å². The van der Waals surface area contributed by atoms with E-state index in [4.69, 9.17) is 4.74 Å². The normalized spacial score (nSPS) is 21.6. The minimum Gasteiger partial charge on any atom is -0.385 e. The monoisotopic (exact) mass is 398 g/mol. The molecule has 2 N–H and O–H groups in total. The van der Waals surface area contributed by atoms with Crippen LogP contribution in [0.1, 0.15) is 26.7 Å². The predicted molar refractivity (Wildman–Crippen MR) is 96.1 cm³/mol. The van der Waals surface area contributed by atoms with E-state index in [9.17, 15) is 0 Å². The highest BCUT2D eigenvalue weighted by molar-refractivity contribution is 14.0. The number of methoxy groups -OCH3 is 1. The molecule has 2 atom stereocenters. The van der Waals surface area contributed by atoms with Crippen LogP contribution in [0.3, 0.4) is 0 Å². The average Bonchev–Trinajstić information content (AvgIpc) is 3.05. The maximum Gasteiger partial charge on any atom is 0.191 e. The average molecular weight is 398 g/mol. The van der Waals surface area contributed by atoms with Crippen molar-refractivity contribution in [1.29, 1.82) is 0 Å². The van der Waals surface area contributed by atoms with E-state index in [2.05, 4.69) is 41.4 Å². The molecular formula is C14H31IN4O. The zero-order valence-corrected chi connectivity index (χ0v) is 15.6. The maximum atomic E-state index is 5.05. The van der Waals surface area contributed by atoms with Crippen LogP contribution in [0, 0.1) is 5.92 Å². The first-order valence-electron chi connectivity index (χ1n) is 7.39. The van der Waals surface area contributed by atoms with Gasteiger partial charge in [-0.2, -0.15) is 0 Å². The summed E-state index contributed by atoms with van der Waals surface area (Å²) < 4.78 is 5.05. The first kappa shape index (κ1) is 19.9. The van der Waals surface area contributed by atoms with Gasteiger partial charge in [-0.25, -0.2) is 0 Å². The molecule has 5 nitrogen and oxygen atoms in total. The smallest absolute Gasteiger partial charge is 0.191 e. The summed E-state index contributed by atoms with van der Waals surface area (Å²) in [6.07, 6.45) is 2.34. The minimum absolute atomic E-state index is 0. The molecule has 1 fully saturated rings. The Morgan fingerprint density at radius 2 is 2.10 bits per heavy atom. The molecule has 1 saturated carbocycles. The summed E-state index contributed by atoms with van der Waals surface area (Å²) in [6, 6.07) is 0.622. The van der Waals surface area contributed by atoms with Gasteiger partial charge < -0.3 is 20.3 Å². The van der Waals surface area contributed by atoms with Gasteiger partial charge in [-0.15, -0.1) is 24.0 Å². The van der Waals surface area contributed by atoms with Crippen molar-refractivity contribution in [2.75, 3.05) is 46.9 Å². The van der Waals surface area contributed by atoms with Gasteiger partial charge >= 0.3 is 0 Å². The number of hydrogen-bond acceptors (Lipinski definition) is 3. The third kappa shape index (κ3) is 8.97. The molecule has 0 radical (unpaired) electrons. The molecule has 1 aliphatic rings. The van der Waals surface area contributed by atoms with Gasteiger partial charge in [-0.1, -0.05) is 6.92 Å². The Balaban J connectivity index is 0.00000361. The summed E-state index contributed by atoms with van der Waals surface area (Å²) in [4.78, 5) is 6.92. The van der Waals surface area contributed by atoms with Crippen LogP contribution in [0.15, 0.2) is 4.99 Å². The fraction of sp³-hybridized carbons (Fsp3) is 0.929. The highest BCUT2D eigenvalue weighted by Crippen LogP contribution is 2.28. The Bertz CT molecular complexity index is 276. The Morgan fingerprint density at radius 1 is 1.40 bits per heavy atom. The predicted octanol–water partition coefficient (Wildman–Crippen LogP) is 1.54. The zero-order chi connectivity index (χ0) is 14.1. The Hall–Kier alpha value is -0.0800. The third-order valence-electron chi connectivity index (χ3n) is 3.42. The summed E-state index contributed by atoms with van der Waals surface area (Å²) in [6.45, 7) is 9.00. The number of nitrogens with zero attached hydrogens (tertiary/aromatic N) is 2. The lowest BCUT2D eigenvalue weighted by Crippen LogP contribution is -2.39. The van der Waals surface area contributed by atoms with Crippen LogP contribution in [0.5, 0.6) is 0 Å². The van der Waals surface area contributed by atoms with Crippen LogP contribution in [0.4, 0.5) is 0 Å². The van der Waals surface area contributed by atoms with Crippen molar-refractivity contribution in [3.8, 4) is 0 Å². The summed E-state index contributed by atoms with van der Waals surface area (Å²) in [5, 5.41) is 6.77. The van der Waals surface area contributed by atoms with E-state index in [0.29, 0.717) is 6.04 Å². The van der Waals surface area contributed by atoms with Crippen LogP contribution in [-0.4, -0.2) is 63.8 Å². The van der Waals surface area contributed by atoms with Crippen LogP contribution in [-0.2, 0) is 4.74 Å². The Morgan fingerprint density at radius 3 is 2.65 bits per heavy atom. The van der Waals surface area contributed by atoms with Gasteiger partial charge in [0.2, 0.25) is 0 Å². The van der Waals surface area contributed by atoms with Gasteiger partial charge in [-0.05, 0) is 32.7 Å². The number of nitrogens with one attached hydrogen (secondary N) is 2. The molecule has 6 heteroatoms. The molecule has 1 aliphatic carbocycles. The molecule has 0 amide bonds. The van der Waals surface area contributed by atoms with E-state index >= 15 is 0 Å². The molecular weight excluding hydrogens is 367 g/mol. The van der Waals surface area contributed by atoms with Crippen molar-refractivity contribution in [2.24, 2.45) is 10.9 Å². The van der Waals surface area contributed by atoms with E-state index in [-0.39, 0.29) is 24.0 Å². The summed E-state index contributed by atoms with van der Waals surface area (Å²) in [5.41, 5.74) is 0. The summed E-state index contributed by atoms with van der Waals surface area (Å²) in [5.74, 6) is 1.75. The molecule has 0 aromatic rings. The lowest BCUT2D eigenvalue weighted by molar-refractivity contribution is 0.180. The number of rotatable bonds is 9. The number of halogens is 1. The van der Waals surface area contributed by atoms with Crippen molar-refractivity contribution in [2.45, 2.75) is 32.7 Å². The van der Waals surface area contributed by atoms with Crippen molar-refractivity contribution in [3.05, 3.63) is 0 Å². The number of aliphatic imine (C=N–C) groups is 1. The molecule has 20 heavy (non-hydrogen) atoms. The number of guanidine groups is 1. The SMILES string of the molecule is CCNC(=NCCN(C)CCCOC)NC1CC1C.I. The van der Waals surface area contributed by atoms with Crippen molar-refractivity contribution < 1.29 is 4.74 Å². The molecule has 0 aliphatic heterocycles. The molecule has 1 rings (SSSR count). The minimum atomic E-state index is 0. The molecule has 2 unspecified atom stereocenters. The second-order valence-corrected chi connectivity index (χ2v) is 5.37. The lowest BCUT2D eigenvalue weighted by Gasteiger charge is -2.16. The lowest BCUT2D eigenvalue weighted by atomic mass is 10.4. The molecule has 0 saturated heterocycles. The van der Waals surface area contributed by atoms with E-state index in [1.807, 2.05) is 0 Å². The standard InChI is InChI=1S/C14H30N4O.HI/c1-5-15-14(17-13-11-12(13)2)16-7-9-18(3)8-6-10-19-4;/h12-13H,5-11H2,1-4H3,(H2,15,16,17);1H. The fourth-order valence-corrected chi connectivity index (χ4v) is 1.94. The van der Waals surface area contributed by atoms with Crippen LogP contribution in [0.25, 0.3) is 0 Å². The molecule has 0 aromatic heterocycles. The van der Waals surface area contributed by atoms with Crippen LogP contribution < -0.4 is 10.6 Å². The van der Waals surface area contributed by atoms with Crippen LogP contribution in [0.2, 0.25) is 0 Å². The van der Waals surface area contributed by atoms with Gasteiger partial charge in [0, 0.05) is 39.4 Å². The second kappa shape index (κ2) is 11.6. The summed E-state index contributed by atoms with van der Waals surface area (Å²) in [7, 11) is 3.88. The highest BCUT2D eigenvalue weighted by atomic mass is 127. The quantitative estimate of drug-likeness (QED) is 0.268. The maximum absolute atomic E-state index is 5.05. The number of hydrogen-bond donors (Lipinski definition) is 2. The van der Waals surface area contributed by atoms with E-state index in [0.717, 1.165) is 51.1 Å². The van der Waals surface area contributed by atoms with Crippen molar-refractivity contribution in [3.63, 3.8) is 0 Å². The van der Waals surface area contributed by atoms with Crippen molar-refractivity contribution >= 4 is 29.9 Å². The molecule has 0 aromatic carbocycles. The fourth-order valence-electron chi connectivity index (χ4n) is 1.94. The van der Waals surface area contributed by atoms with E-state index in [1.54, 1.807) is 7.11 Å². The second-order valence-electron chi connectivity index (χ2n) is 5.37. The first-order valence-corrected chi connectivity index (χ1v) is 7.39. The van der Waals surface area contributed by atoms with Gasteiger partial charge in [0.25, 0.3) is 0 Å². The van der Waals surface area contributed by atoms with Gasteiger partial charge in [-0.3, -0.25) is 4.99 Å². The van der Waals surface area contributed by atoms with Gasteiger partial charge in [0.05, 0.1) is 6.54 Å². The highest BCUT2D eigenvalue weighted by Gasteiger charge is 2.33. The van der Waals surface area contributed by atoms with Gasteiger partial charge in [0.1, 0.15) is 0 Å². The van der Waals surface area contributed by atoms with E-state index in [1.165, 1.54) is 6.42 Å². The Labute approximate surface area is 140 Å². The van der Waals surface area contributed by atoms with E-state index < -0.39 is 0 Å². The third-order valence-corrected chi connectivity index (χ3v) is 3.42. The topological polar surface area (TPSA) is 48.9 Å². The molecule has 0 spiro atoms. The van der Waals surface area contributed by atoms with Gasteiger partial charge in [0.15, 0.2) is 5.96 Å². The number of likely N-dealkylation sites (N-methyl/N-ethyl adjacent to an activating group) is 1. The van der Waals surface area contributed by atoms with Crippen molar-refractivity contribution in [1.82, 2.24) is 15.5 Å². The first-order chi connectivity index (χ1) is 9.17.